The van der Waals surface area contributed by atoms with Crippen LogP contribution >= 0.6 is 0 Å². The molecule has 1 unspecified atom stereocenters. The minimum absolute atomic E-state index is 0.114. The third-order valence-corrected chi connectivity index (χ3v) is 5.69. The summed E-state index contributed by atoms with van der Waals surface area (Å²) in [6, 6.07) is 5.25. The van der Waals surface area contributed by atoms with Gasteiger partial charge in [-0.05, 0) is 44.4 Å². The number of rotatable bonds is 4. The molecule has 2 saturated heterocycles. The molecule has 2 aliphatic rings. The number of hydrogen-bond acceptors (Lipinski definition) is 4. The van der Waals surface area contributed by atoms with Crippen molar-refractivity contribution in [3.05, 3.63) is 23.8 Å². The molecule has 0 bridgehead atoms. The molecule has 1 aromatic rings. The number of amides is 2. The number of benzene rings is 1. The number of anilines is 1. The fraction of sp³-hybridized carbons (Fsp3) is 0.550. The molecule has 0 saturated carbocycles. The lowest BCUT2D eigenvalue weighted by molar-refractivity contribution is -0.150. The van der Waals surface area contributed by atoms with Crippen molar-refractivity contribution >= 4 is 23.5 Å². The Labute approximate surface area is 158 Å². The van der Waals surface area contributed by atoms with Crippen LogP contribution in [0.2, 0.25) is 0 Å². The van der Waals surface area contributed by atoms with Gasteiger partial charge in [-0.15, -0.1) is 0 Å². The van der Waals surface area contributed by atoms with E-state index in [1.165, 1.54) is 0 Å². The van der Waals surface area contributed by atoms with Gasteiger partial charge in [0.2, 0.25) is 11.8 Å². The Hall–Kier alpha value is -2.57. The van der Waals surface area contributed by atoms with E-state index in [0.29, 0.717) is 37.4 Å². The minimum atomic E-state index is -0.867. The van der Waals surface area contributed by atoms with E-state index >= 15 is 0 Å². The van der Waals surface area contributed by atoms with Gasteiger partial charge in [0.15, 0.2) is 0 Å². The molecule has 0 radical (unpaired) electrons. The second-order valence-electron chi connectivity index (χ2n) is 7.44. The Bertz CT molecular complexity index is 763. The predicted molar refractivity (Wildman–Crippen MR) is 99.7 cm³/mol. The van der Waals surface area contributed by atoms with Gasteiger partial charge in [-0.2, -0.15) is 0 Å². The molecule has 3 rings (SSSR count). The van der Waals surface area contributed by atoms with Gasteiger partial charge < -0.3 is 19.6 Å². The summed E-state index contributed by atoms with van der Waals surface area (Å²) in [6.07, 6.45) is 1.39. The van der Waals surface area contributed by atoms with Gasteiger partial charge in [0.05, 0.1) is 24.6 Å². The van der Waals surface area contributed by atoms with E-state index in [9.17, 15) is 19.5 Å². The number of carbonyl (C=O) groups excluding carboxylic acids is 2. The van der Waals surface area contributed by atoms with Crippen molar-refractivity contribution in [1.82, 2.24) is 4.90 Å². The molecule has 146 valence electrons. The van der Waals surface area contributed by atoms with Gasteiger partial charge in [0.1, 0.15) is 5.75 Å². The van der Waals surface area contributed by atoms with Crippen molar-refractivity contribution in [2.45, 2.75) is 39.2 Å². The molecule has 0 spiro atoms. The van der Waals surface area contributed by atoms with Crippen LogP contribution in [0.3, 0.4) is 0 Å². The molecule has 7 nitrogen and oxygen atoms in total. The van der Waals surface area contributed by atoms with E-state index in [4.69, 9.17) is 4.74 Å². The molecule has 2 aliphatic heterocycles. The topological polar surface area (TPSA) is 87.2 Å². The van der Waals surface area contributed by atoms with Crippen LogP contribution in [0.1, 0.15) is 31.7 Å². The Morgan fingerprint density at radius 1 is 1.30 bits per heavy atom. The van der Waals surface area contributed by atoms with Crippen LogP contribution < -0.4 is 9.64 Å². The molecule has 2 heterocycles. The lowest BCUT2D eigenvalue weighted by Gasteiger charge is -2.38. The average Bonchev–Trinajstić information content (AvgIpc) is 3.02. The number of ether oxygens (including phenoxy) is 1. The zero-order valence-electron chi connectivity index (χ0n) is 16.0. The first-order valence-electron chi connectivity index (χ1n) is 9.31. The molecule has 3 atom stereocenters. The van der Waals surface area contributed by atoms with Crippen molar-refractivity contribution in [3.63, 3.8) is 0 Å². The van der Waals surface area contributed by atoms with Gasteiger partial charge in [0.25, 0.3) is 0 Å². The van der Waals surface area contributed by atoms with Gasteiger partial charge in [0, 0.05) is 25.6 Å². The molecular formula is C20H26N2O5. The monoisotopic (exact) mass is 374 g/mol. The maximum Gasteiger partial charge on any atom is 0.308 e. The van der Waals surface area contributed by atoms with Crippen LogP contribution in [-0.2, 0) is 14.4 Å². The third kappa shape index (κ3) is 3.63. The van der Waals surface area contributed by atoms with E-state index in [0.717, 1.165) is 5.56 Å². The number of methoxy groups -OCH3 is 1. The van der Waals surface area contributed by atoms with Gasteiger partial charge in [-0.1, -0.05) is 6.07 Å². The summed E-state index contributed by atoms with van der Waals surface area (Å²) in [4.78, 5) is 40.3. The van der Waals surface area contributed by atoms with Gasteiger partial charge >= 0.3 is 5.97 Å². The van der Waals surface area contributed by atoms with Crippen LogP contribution in [0.5, 0.6) is 5.75 Å². The number of piperidine rings is 1. The van der Waals surface area contributed by atoms with Crippen LogP contribution in [-0.4, -0.2) is 54.0 Å². The summed E-state index contributed by atoms with van der Waals surface area (Å²) in [5.41, 5.74) is 1.68. The van der Waals surface area contributed by atoms with Crippen molar-refractivity contribution in [3.8, 4) is 5.75 Å². The molecular weight excluding hydrogens is 348 g/mol. The highest BCUT2D eigenvalue weighted by atomic mass is 16.5. The normalized spacial score (nSPS) is 25.6. The van der Waals surface area contributed by atoms with E-state index in [2.05, 4.69) is 0 Å². The summed E-state index contributed by atoms with van der Waals surface area (Å²) in [5.74, 6) is -1.52. The predicted octanol–water partition coefficient (Wildman–Crippen LogP) is 2.07. The van der Waals surface area contributed by atoms with Crippen molar-refractivity contribution in [2.24, 2.45) is 11.8 Å². The highest BCUT2D eigenvalue weighted by Gasteiger charge is 2.42. The first-order valence-corrected chi connectivity index (χ1v) is 9.31. The van der Waals surface area contributed by atoms with Crippen LogP contribution in [0, 0.1) is 18.8 Å². The fourth-order valence-electron chi connectivity index (χ4n) is 4.14. The summed E-state index contributed by atoms with van der Waals surface area (Å²) >= 11 is 0. The average molecular weight is 374 g/mol. The van der Waals surface area contributed by atoms with Crippen molar-refractivity contribution in [1.29, 1.82) is 0 Å². The third-order valence-electron chi connectivity index (χ3n) is 5.69. The molecule has 27 heavy (non-hydrogen) atoms. The van der Waals surface area contributed by atoms with Crippen LogP contribution in [0.15, 0.2) is 18.2 Å². The summed E-state index contributed by atoms with van der Waals surface area (Å²) in [6.45, 7) is 4.56. The molecule has 2 fully saturated rings. The SMILES string of the molecule is COc1ccc(C)cc1N1CC(C(=O)N2CCC[C@H](C(=O)O)[C@@H]2C)CC1=O. The van der Waals surface area contributed by atoms with Crippen molar-refractivity contribution in [2.75, 3.05) is 25.1 Å². The number of aryl methyl sites for hydroxylation is 1. The lowest BCUT2D eigenvalue weighted by atomic mass is 9.89. The zero-order valence-corrected chi connectivity index (χ0v) is 16.0. The highest BCUT2D eigenvalue weighted by Crippen LogP contribution is 2.35. The fourth-order valence-corrected chi connectivity index (χ4v) is 4.14. The lowest BCUT2D eigenvalue weighted by Crippen LogP contribution is -2.51. The van der Waals surface area contributed by atoms with Gasteiger partial charge in [-0.25, -0.2) is 0 Å². The van der Waals surface area contributed by atoms with E-state index in [1.807, 2.05) is 25.1 Å². The van der Waals surface area contributed by atoms with E-state index < -0.39 is 17.8 Å². The van der Waals surface area contributed by atoms with Crippen LogP contribution in [0.4, 0.5) is 5.69 Å². The maximum atomic E-state index is 13.0. The largest absolute Gasteiger partial charge is 0.495 e. The molecule has 7 heteroatoms. The number of carboxylic acid groups (broad SMARTS) is 1. The Morgan fingerprint density at radius 2 is 2.04 bits per heavy atom. The summed E-state index contributed by atoms with van der Waals surface area (Å²) in [5, 5.41) is 9.38. The molecule has 1 N–H and O–H groups in total. The van der Waals surface area contributed by atoms with E-state index in [1.54, 1.807) is 23.8 Å². The quantitative estimate of drug-likeness (QED) is 0.872. The van der Waals surface area contributed by atoms with Gasteiger partial charge in [-0.3, -0.25) is 14.4 Å². The molecule has 0 aromatic heterocycles. The standard InChI is InChI=1S/C20H26N2O5/c1-12-6-7-17(27-3)16(9-12)22-11-14(10-18(22)23)19(24)21-8-4-5-15(13(21)2)20(25)26/h6-7,9,13-15H,4-5,8,10-11H2,1-3H3,(H,25,26)/t13-,14?,15-/m0/s1. The Kier molecular flexibility index (Phi) is 5.39. The Morgan fingerprint density at radius 3 is 2.70 bits per heavy atom. The molecule has 2 amide bonds. The number of hydrogen-bond donors (Lipinski definition) is 1. The number of aliphatic carboxylic acids is 1. The molecule has 1 aromatic carbocycles. The number of carboxylic acids is 1. The number of likely N-dealkylation sites (tertiary alicyclic amines) is 1. The minimum Gasteiger partial charge on any atom is -0.495 e. The molecule has 0 aliphatic carbocycles. The van der Waals surface area contributed by atoms with E-state index in [-0.39, 0.29) is 24.3 Å². The first kappa shape index (κ1) is 19.2. The second kappa shape index (κ2) is 7.58. The summed E-state index contributed by atoms with van der Waals surface area (Å²) < 4.78 is 5.38. The zero-order chi connectivity index (χ0) is 19.7. The van der Waals surface area contributed by atoms with Crippen molar-refractivity contribution < 1.29 is 24.2 Å². The number of nitrogens with zero attached hydrogens (tertiary/aromatic N) is 2. The maximum absolute atomic E-state index is 13.0. The van der Waals surface area contributed by atoms with Crippen LogP contribution in [0.25, 0.3) is 0 Å². The summed E-state index contributed by atoms with van der Waals surface area (Å²) in [7, 11) is 1.55. The smallest absolute Gasteiger partial charge is 0.308 e. The first-order chi connectivity index (χ1) is 12.8. The number of carbonyl (C=O) groups is 3. The highest BCUT2D eigenvalue weighted by molar-refractivity contribution is 6.01. The second-order valence-corrected chi connectivity index (χ2v) is 7.44. The Balaban J connectivity index is 1.78.